The van der Waals surface area contributed by atoms with Crippen LogP contribution in [-0.2, 0) is 0 Å². The van der Waals surface area contributed by atoms with Gasteiger partial charge in [0.25, 0.3) is 0 Å². The number of nitrogens with zero attached hydrogens (tertiary/aromatic N) is 3. The van der Waals surface area contributed by atoms with Crippen molar-refractivity contribution in [3.05, 3.63) is 29.2 Å². The highest BCUT2D eigenvalue weighted by atomic mass is 15.1. The minimum Gasteiger partial charge on any atom is -0.372 e. The molecule has 104 valence electrons. The lowest BCUT2D eigenvalue weighted by Crippen LogP contribution is -2.25. The second-order valence-corrected chi connectivity index (χ2v) is 5.02. The summed E-state index contributed by atoms with van der Waals surface area (Å²) in [6.45, 7) is 6.71. The number of hydrogen-bond acceptors (Lipinski definition) is 2. The molecule has 0 spiro atoms. The van der Waals surface area contributed by atoms with Gasteiger partial charge < -0.3 is 4.90 Å². The van der Waals surface area contributed by atoms with E-state index in [1.807, 2.05) is 24.3 Å². The van der Waals surface area contributed by atoms with Crippen molar-refractivity contribution in [1.29, 1.82) is 5.39 Å². The molecule has 0 bridgehead atoms. The van der Waals surface area contributed by atoms with E-state index >= 15 is 0 Å². The van der Waals surface area contributed by atoms with E-state index in [4.69, 9.17) is 5.39 Å². The molecule has 0 aliphatic heterocycles. The van der Waals surface area contributed by atoms with Gasteiger partial charge in [-0.05, 0) is 25.0 Å². The topological polar surface area (TPSA) is 31.4 Å². The van der Waals surface area contributed by atoms with E-state index in [-0.39, 0.29) is 0 Å². The van der Waals surface area contributed by atoms with Crippen LogP contribution in [0.1, 0.15) is 52.4 Å². The van der Waals surface area contributed by atoms with Crippen LogP contribution >= 0.6 is 0 Å². The van der Waals surface area contributed by atoms with E-state index in [0.29, 0.717) is 5.69 Å². The average molecular weight is 260 g/mol. The average Bonchev–Trinajstić information content (AvgIpc) is 2.46. The predicted molar refractivity (Wildman–Crippen MR) is 82.4 cm³/mol. The minimum absolute atomic E-state index is 0.616. The molecule has 0 saturated carbocycles. The van der Waals surface area contributed by atoms with E-state index in [1.54, 1.807) is 0 Å². The summed E-state index contributed by atoms with van der Waals surface area (Å²) in [4.78, 5) is 5.65. The van der Waals surface area contributed by atoms with Gasteiger partial charge in [0.05, 0.1) is 0 Å². The molecule has 0 aliphatic carbocycles. The molecule has 1 aromatic rings. The number of diazo groups is 1. The van der Waals surface area contributed by atoms with Crippen LogP contribution in [0.2, 0.25) is 0 Å². The molecular weight excluding hydrogens is 234 g/mol. The zero-order valence-electron chi connectivity index (χ0n) is 12.3. The Balaban J connectivity index is 2.61. The Hall–Kier alpha value is -1.56. The normalized spacial score (nSPS) is 10.2. The molecule has 19 heavy (non-hydrogen) atoms. The summed E-state index contributed by atoms with van der Waals surface area (Å²) in [7, 11) is 0. The Morgan fingerprint density at radius 1 is 0.895 bits per heavy atom. The summed E-state index contributed by atoms with van der Waals surface area (Å²) in [5.41, 5.74) is 1.85. The molecule has 0 saturated heterocycles. The molecule has 3 nitrogen and oxygen atoms in total. The van der Waals surface area contributed by atoms with Gasteiger partial charge in [-0.2, -0.15) is 0 Å². The maximum absolute atomic E-state index is 8.73. The lowest BCUT2D eigenvalue weighted by atomic mass is 10.2. The zero-order chi connectivity index (χ0) is 13.9. The number of anilines is 1. The molecule has 0 amide bonds. The van der Waals surface area contributed by atoms with E-state index in [0.717, 1.165) is 13.1 Å². The third-order valence-corrected chi connectivity index (χ3v) is 3.39. The third kappa shape index (κ3) is 5.74. The largest absolute Gasteiger partial charge is 0.385 e. The molecule has 0 aromatic heterocycles. The lowest BCUT2D eigenvalue weighted by Gasteiger charge is -2.24. The van der Waals surface area contributed by atoms with Crippen LogP contribution in [-0.4, -0.2) is 13.1 Å². The van der Waals surface area contributed by atoms with Crippen LogP contribution in [0.25, 0.3) is 4.98 Å². The molecule has 1 rings (SSSR count). The summed E-state index contributed by atoms with van der Waals surface area (Å²) >= 11 is 0. The van der Waals surface area contributed by atoms with Crippen LogP contribution in [0.5, 0.6) is 0 Å². The first-order valence-electron chi connectivity index (χ1n) is 7.52. The van der Waals surface area contributed by atoms with Crippen molar-refractivity contribution >= 4 is 11.4 Å². The van der Waals surface area contributed by atoms with E-state index in [2.05, 4.69) is 23.7 Å². The Kier molecular flexibility index (Phi) is 7.65. The first-order valence-corrected chi connectivity index (χ1v) is 7.52. The molecular formula is C16H26N3+. The number of rotatable bonds is 9. The minimum atomic E-state index is 0.616. The van der Waals surface area contributed by atoms with Crippen molar-refractivity contribution < 1.29 is 0 Å². The lowest BCUT2D eigenvalue weighted by molar-refractivity contribution is 0.636. The van der Waals surface area contributed by atoms with Crippen LogP contribution in [0.4, 0.5) is 11.4 Å². The van der Waals surface area contributed by atoms with E-state index < -0.39 is 0 Å². The van der Waals surface area contributed by atoms with Crippen molar-refractivity contribution in [2.45, 2.75) is 52.4 Å². The Bertz CT molecular complexity index is 368. The summed E-state index contributed by atoms with van der Waals surface area (Å²) < 4.78 is 0. The predicted octanol–water partition coefficient (Wildman–Crippen LogP) is 5.36. The fourth-order valence-corrected chi connectivity index (χ4v) is 2.21. The Labute approximate surface area is 117 Å². The number of unbranched alkanes of at least 4 members (excludes halogenated alkanes) is 4. The fraction of sp³-hybridized carbons (Fsp3) is 0.625. The van der Waals surface area contributed by atoms with Gasteiger partial charge in [-0.15, -0.1) is 0 Å². The fourth-order valence-electron chi connectivity index (χ4n) is 2.21. The Morgan fingerprint density at radius 2 is 1.42 bits per heavy atom. The van der Waals surface area contributed by atoms with Gasteiger partial charge in [-0.25, -0.2) is 0 Å². The van der Waals surface area contributed by atoms with Crippen LogP contribution < -0.4 is 4.90 Å². The standard InChI is InChI=1S/C16H26N3/c1-3-5-7-13-19(14-8-6-4-2)16-11-9-15(18-17)10-12-16/h9-12H,3-8,13-14H2,1-2H3/q+1. The molecule has 0 N–H and O–H groups in total. The quantitative estimate of drug-likeness (QED) is 0.442. The first-order chi connectivity index (χ1) is 9.31. The van der Waals surface area contributed by atoms with Crippen LogP contribution in [0.15, 0.2) is 24.3 Å². The van der Waals surface area contributed by atoms with Crippen molar-refractivity contribution in [3.8, 4) is 0 Å². The molecule has 0 fully saturated rings. The zero-order valence-corrected chi connectivity index (χ0v) is 12.3. The summed E-state index contributed by atoms with van der Waals surface area (Å²) in [5, 5.41) is 8.73. The Morgan fingerprint density at radius 3 is 1.84 bits per heavy atom. The molecule has 0 atom stereocenters. The molecule has 0 heterocycles. The van der Waals surface area contributed by atoms with Gasteiger partial charge in [0, 0.05) is 30.9 Å². The van der Waals surface area contributed by atoms with Gasteiger partial charge in [-0.3, -0.25) is 0 Å². The smallest absolute Gasteiger partial charge is 0.372 e. The van der Waals surface area contributed by atoms with E-state index in [1.165, 1.54) is 44.2 Å². The second kappa shape index (κ2) is 9.38. The first kappa shape index (κ1) is 15.5. The number of benzene rings is 1. The highest BCUT2D eigenvalue weighted by Crippen LogP contribution is 2.21. The summed E-state index contributed by atoms with van der Waals surface area (Å²) in [6.07, 6.45) is 7.57. The van der Waals surface area contributed by atoms with Gasteiger partial charge >= 0.3 is 5.69 Å². The van der Waals surface area contributed by atoms with Crippen molar-refractivity contribution in [3.63, 3.8) is 0 Å². The van der Waals surface area contributed by atoms with E-state index in [9.17, 15) is 0 Å². The summed E-state index contributed by atoms with van der Waals surface area (Å²) in [5.74, 6) is 0. The highest BCUT2D eigenvalue weighted by molar-refractivity contribution is 5.55. The molecule has 0 unspecified atom stereocenters. The SMILES string of the molecule is CCCCCN(CCCCC)c1ccc([N+]#N)cc1. The van der Waals surface area contributed by atoms with Crippen LogP contribution in [0.3, 0.4) is 0 Å². The van der Waals surface area contributed by atoms with Crippen LogP contribution in [0, 0.1) is 5.39 Å². The molecule has 0 aliphatic rings. The highest BCUT2D eigenvalue weighted by Gasteiger charge is 2.09. The van der Waals surface area contributed by atoms with Gasteiger partial charge in [0.1, 0.15) is 0 Å². The van der Waals surface area contributed by atoms with Gasteiger partial charge in [0.15, 0.2) is 4.98 Å². The third-order valence-electron chi connectivity index (χ3n) is 3.39. The molecule has 3 heteroatoms. The number of hydrogen-bond donors (Lipinski definition) is 0. The van der Waals surface area contributed by atoms with Gasteiger partial charge in [0.2, 0.25) is 5.39 Å². The second-order valence-electron chi connectivity index (χ2n) is 5.02. The molecule has 0 radical (unpaired) electrons. The monoisotopic (exact) mass is 260 g/mol. The van der Waals surface area contributed by atoms with Crippen molar-refractivity contribution in [1.82, 2.24) is 0 Å². The van der Waals surface area contributed by atoms with Crippen molar-refractivity contribution in [2.75, 3.05) is 18.0 Å². The molecule has 1 aromatic carbocycles. The summed E-state index contributed by atoms with van der Waals surface area (Å²) in [6, 6.07) is 7.82. The van der Waals surface area contributed by atoms with Gasteiger partial charge in [-0.1, -0.05) is 39.5 Å². The van der Waals surface area contributed by atoms with Crippen molar-refractivity contribution in [2.24, 2.45) is 0 Å². The maximum atomic E-state index is 8.73. The maximum Gasteiger partial charge on any atom is 0.385 e.